The minimum absolute atomic E-state index is 0.147. The molecule has 1 aromatic rings. The van der Waals surface area contributed by atoms with Crippen molar-refractivity contribution < 1.29 is 14.3 Å². The van der Waals surface area contributed by atoms with Crippen LogP contribution in [0.3, 0.4) is 0 Å². The van der Waals surface area contributed by atoms with E-state index in [0.29, 0.717) is 29.6 Å². The molecule has 1 rings (SSSR count). The fourth-order valence-electron chi connectivity index (χ4n) is 1.92. The molecule has 0 aliphatic carbocycles. The topological polar surface area (TPSA) is 81.4 Å². The molecule has 0 aliphatic rings. The van der Waals surface area contributed by atoms with E-state index < -0.39 is 5.97 Å². The van der Waals surface area contributed by atoms with E-state index in [0.717, 1.165) is 12.8 Å². The third-order valence-electron chi connectivity index (χ3n) is 3.18. The van der Waals surface area contributed by atoms with Gasteiger partial charge in [-0.15, -0.1) is 0 Å². The number of methoxy groups -OCH3 is 1. The second kappa shape index (κ2) is 8.64. The first kappa shape index (κ1) is 17.5. The molecule has 0 aromatic heterocycles. The molecule has 6 heteroatoms. The lowest BCUT2D eigenvalue weighted by Gasteiger charge is -2.12. The maximum Gasteiger partial charge on any atom is 0.340 e. The Kier molecular flexibility index (Phi) is 7.19. The summed E-state index contributed by atoms with van der Waals surface area (Å²) in [5, 5.41) is 3.13. The molecule has 5 nitrogen and oxygen atoms in total. The Labute approximate surface area is 129 Å². The third-order valence-corrected chi connectivity index (χ3v) is 3.42. The molecule has 0 saturated heterocycles. The van der Waals surface area contributed by atoms with E-state index in [1.807, 2.05) is 0 Å². The van der Waals surface area contributed by atoms with E-state index in [1.165, 1.54) is 13.2 Å². The van der Waals surface area contributed by atoms with Crippen molar-refractivity contribution in [3.8, 4) is 0 Å². The van der Waals surface area contributed by atoms with Crippen molar-refractivity contribution in [3.05, 3.63) is 28.8 Å². The Morgan fingerprint density at radius 1 is 1.38 bits per heavy atom. The Morgan fingerprint density at radius 3 is 2.71 bits per heavy atom. The third kappa shape index (κ3) is 5.73. The van der Waals surface area contributed by atoms with Gasteiger partial charge in [0.15, 0.2) is 0 Å². The van der Waals surface area contributed by atoms with E-state index in [2.05, 4.69) is 17.0 Å². The predicted octanol–water partition coefficient (Wildman–Crippen LogP) is 2.83. The average Bonchev–Trinajstić information content (AvgIpc) is 2.46. The quantitative estimate of drug-likeness (QED) is 0.759. The summed E-state index contributed by atoms with van der Waals surface area (Å²) in [6, 6.07) is 4.68. The van der Waals surface area contributed by atoms with Gasteiger partial charge in [-0.1, -0.05) is 18.5 Å². The average molecular weight is 313 g/mol. The van der Waals surface area contributed by atoms with Crippen molar-refractivity contribution in [1.29, 1.82) is 0 Å². The van der Waals surface area contributed by atoms with Crippen molar-refractivity contribution in [1.82, 2.24) is 0 Å². The number of benzene rings is 1. The molecule has 0 bridgehead atoms. The molecule has 0 fully saturated rings. The Bertz CT molecular complexity index is 506. The standard InChI is InChI=1S/C15H21ClN2O3/c1-10(7-8-17)3-6-14(19)18-13-5-4-11(16)9-12(13)15(20)21-2/h4-5,9-10H,3,6-8,17H2,1-2H3,(H,18,19). The highest BCUT2D eigenvalue weighted by atomic mass is 35.5. The summed E-state index contributed by atoms with van der Waals surface area (Å²) in [5.74, 6) is -0.290. The maximum absolute atomic E-state index is 11.9. The molecular formula is C15H21ClN2O3. The van der Waals surface area contributed by atoms with Gasteiger partial charge in [-0.05, 0) is 43.5 Å². The van der Waals surface area contributed by atoms with E-state index in [1.54, 1.807) is 12.1 Å². The lowest BCUT2D eigenvalue weighted by atomic mass is 10.0. The molecule has 1 atom stereocenters. The molecule has 0 saturated carbocycles. The number of amides is 1. The molecule has 0 spiro atoms. The van der Waals surface area contributed by atoms with Gasteiger partial charge in [0.2, 0.25) is 5.91 Å². The van der Waals surface area contributed by atoms with Crippen LogP contribution in [0.15, 0.2) is 18.2 Å². The predicted molar refractivity (Wildman–Crippen MR) is 83.5 cm³/mol. The normalized spacial score (nSPS) is 11.8. The van der Waals surface area contributed by atoms with Crippen LogP contribution in [0.5, 0.6) is 0 Å². The van der Waals surface area contributed by atoms with Crippen molar-refractivity contribution in [2.24, 2.45) is 11.7 Å². The largest absolute Gasteiger partial charge is 0.465 e. The Hall–Kier alpha value is -1.59. The van der Waals surface area contributed by atoms with Crippen LogP contribution >= 0.6 is 11.6 Å². The second-order valence-corrected chi connectivity index (χ2v) is 5.39. The molecule has 1 unspecified atom stereocenters. The fraction of sp³-hybridized carbons (Fsp3) is 0.467. The zero-order valence-electron chi connectivity index (χ0n) is 12.3. The van der Waals surface area contributed by atoms with Crippen LogP contribution in [0, 0.1) is 5.92 Å². The number of halogens is 1. The molecule has 0 aliphatic heterocycles. The minimum Gasteiger partial charge on any atom is -0.465 e. The van der Waals surface area contributed by atoms with E-state index in [9.17, 15) is 9.59 Å². The second-order valence-electron chi connectivity index (χ2n) is 4.95. The number of anilines is 1. The SMILES string of the molecule is COC(=O)c1cc(Cl)ccc1NC(=O)CCC(C)CCN. The lowest BCUT2D eigenvalue weighted by Crippen LogP contribution is -2.16. The minimum atomic E-state index is -0.538. The Morgan fingerprint density at radius 2 is 2.10 bits per heavy atom. The lowest BCUT2D eigenvalue weighted by molar-refractivity contribution is -0.116. The molecular weight excluding hydrogens is 292 g/mol. The van der Waals surface area contributed by atoms with Crippen LogP contribution in [0.2, 0.25) is 5.02 Å². The van der Waals surface area contributed by atoms with Gasteiger partial charge in [-0.2, -0.15) is 0 Å². The van der Waals surface area contributed by atoms with Gasteiger partial charge in [-0.25, -0.2) is 4.79 Å². The van der Waals surface area contributed by atoms with Crippen molar-refractivity contribution >= 4 is 29.2 Å². The van der Waals surface area contributed by atoms with E-state index in [4.69, 9.17) is 17.3 Å². The van der Waals surface area contributed by atoms with Gasteiger partial charge in [0.1, 0.15) is 0 Å². The van der Waals surface area contributed by atoms with Crippen LogP contribution < -0.4 is 11.1 Å². The zero-order chi connectivity index (χ0) is 15.8. The van der Waals surface area contributed by atoms with Crippen LogP contribution in [-0.4, -0.2) is 25.5 Å². The first-order valence-corrected chi connectivity index (χ1v) is 7.23. The number of ether oxygens (including phenoxy) is 1. The molecule has 0 radical (unpaired) electrons. The first-order chi connectivity index (χ1) is 9.97. The molecule has 116 valence electrons. The van der Waals surface area contributed by atoms with Crippen LogP contribution in [0.4, 0.5) is 5.69 Å². The Balaban J connectivity index is 2.69. The maximum atomic E-state index is 11.9. The number of hydrogen-bond donors (Lipinski definition) is 2. The van der Waals surface area contributed by atoms with Crippen LogP contribution in [0.25, 0.3) is 0 Å². The number of carbonyl (C=O) groups excluding carboxylic acids is 2. The van der Waals surface area contributed by atoms with Gasteiger partial charge in [0, 0.05) is 11.4 Å². The summed E-state index contributed by atoms with van der Waals surface area (Å²) < 4.78 is 4.68. The number of hydrogen-bond acceptors (Lipinski definition) is 4. The van der Waals surface area contributed by atoms with Crippen molar-refractivity contribution in [2.45, 2.75) is 26.2 Å². The zero-order valence-corrected chi connectivity index (χ0v) is 13.1. The molecule has 1 aromatic carbocycles. The van der Waals surface area contributed by atoms with Gasteiger partial charge in [0.25, 0.3) is 0 Å². The van der Waals surface area contributed by atoms with Gasteiger partial charge in [0.05, 0.1) is 18.4 Å². The highest BCUT2D eigenvalue weighted by Gasteiger charge is 2.15. The molecule has 1 amide bonds. The number of esters is 1. The fourth-order valence-corrected chi connectivity index (χ4v) is 2.10. The van der Waals surface area contributed by atoms with Crippen molar-refractivity contribution in [3.63, 3.8) is 0 Å². The van der Waals surface area contributed by atoms with Crippen molar-refractivity contribution in [2.75, 3.05) is 19.0 Å². The molecule has 0 heterocycles. The molecule has 3 N–H and O–H groups in total. The summed E-state index contributed by atoms with van der Waals surface area (Å²) in [6.45, 7) is 2.68. The number of carbonyl (C=O) groups is 2. The monoisotopic (exact) mass is 312 g/mol. The number of rotatable bonds is 7. The van der Waals surface area contributed by atoms with Gasteiger partial charge in [-0.3, -0.25) is 4.79 Å². The molecule has 21 heavy (non-hydrogen) atoms. The highest BCUT2D eigenvalue weighted by molar-refractivity contribution is 6.31. The number of nitrogens with one attached hydrogen (secondary N) is 1. The smallest absolute Gasteiger partial charge is 0.340 e. The van der Waals surface area contributed by atoms with Crippen LogP contribution in [0.1, 0.15) is 36.5 Å². The number of nitrogens with two attached hydrogens (primary N) is 1. The summed E-state index contributed by atoms with van der Waals surface area (Å²) >= 11 is 5.86. The summed E-state index contributed by atoms with van der Waals surface area (Å²) in [6.07, 6.45) is 2.02. The van der Waals surface area contributed by atoms with Gasteiger partial charge >= 0.3 is 5.97 Å². The summed E-state index contributed by atoms with van der Waals surface area (Å²) in [5.41, 5.74) is 6.13. The summed E-state index contributed by atoms with van der Waals surface area (Å²) in [4.78, 5) is 23.6. The van der Waals surface area contributed by atoms with Crippen LogP contribution in [-0.2, 0) is 9.53 Å². The summed E-state index contributed by atoms with van der Waals surface area (Å²) in [7, 11) is 1.28. The van der Waals surface area contributed by atoms with E-state index in [-0.39, 0.29) is 11.5 Å². The highest BCUT2D eigenvalue weighted by Crippen LogP contribution is 2.22. The first-order valence-electron chi connectivity index (χ1n) is 6.85. The van der Waals surface area contributed by atoms with E-state index >= 15 is 0 Å². The van der Waals surface area contributed by atoms with Gasteiger partial charge < -0.3 is 15.8 Å².